The highest BCUT2D eigenvalue weighted by Crippen LogP contribution is 2.31. The van der Waals surface area contributed by atoms with Crippen molar-refractivity contribution in [2.75, 3.05) is 18.5 Å². The third kappa shape index (κ3) is 4.20. The van der Waals surface area contributed by atoms with Crippen molar-refractivity contribution in [2.24, 2.45) is 0 Å². The van der Waals surface area contributed by atoms with Crippen LogP contribution in [0.2, 0.25) is 0 Å². The van der Waals surface area contributed by atoms with Gasteiger partial charge in [0.15, 0.2) is 5.65 Å². The lowest BCUT2D eigenvalue weighted by atomic mass is 9.86. The summed E-state index contributed by atoms with van der Waals surface area (Å²) < 4.78 is 5.59. The molecule has 4 heterocycles. The number of pyridine rings is 2. The van der Waals surface area contributed by atoms with Gasteiger partial charge in [-0.15, -0.1) is 0 Å². The largest absolute Gasteiger partial charge is 0.381 e. The van der Waals surface area contributed by atoms with Crippen molar-refractivity contribution < 1.29 is 4.74 Å². The average molecular weight is 451 g/mol. The van der Waals surface area contributed by atoms with Crippen molar-refractivity contribution in [2.45, 2.75) is 38.5 Å². The molecule has 1 unspecified atom stereocenters. The predicted molar refractivity (Wildman–Crippen MR) is 132 cm³/mol. The van der Waals surface area contributed by atoms with E-state index in [1.807, 2.05) is 69.3 Å². The number of nitrogens with one attached hydrogen (secondary N) is 1. The fourth-order valence-electron chi connectivity index (χ4n) is 4.10. The number of anilines is 2. The molecule has 1 atom stereocenters. The molecule has 1 saturated heterocycles. The molecule has 0 amide bonds. The van der Waals surface area contributed by atoms with Crippen molar-refractivity contribution in [3.63, 3.8) is 0 Å². The number of nitrogens with zero attached hydrogens (tertiary/aromatic N) is 5. The lowest BCUT2D eigenvalue weighted by Crippen LogP contribution is -2.13. The summed E-state index contributed by atoms with van der Waals surface area (Å²) in [6.07, 6.45) is 2.67. The Balaban J connectivity index is 1.57. The van der Waals surface area contributed by atoms with Crippen LogP contribution >= 0.6 is 0 Å². The van der Waals surface area contributed by atoms with E-state index >= 15 is 0 Å². The normalized spacial score (nSPS) is 15.9. The van der Waals surface area contributed by atoms with E-state index in [-0.39, 0.29) is 5.92 Å². The van der Waals surface area contributed by atoms with Crippen LogP contribution in [0.25, 0.3) is 22.4 Å². The van der Waals surface area contributed by atoms with Crippen LogP contribution in [0.4, 0.5) is 11.5 Å². The number of aryl methyl sites for hydroxylation is 1. The molecule has 1 aromatic carbocycles. The van der Waals surface area contributed by atoms with Gasteiger partial charge >= 0.3 is 0 Å². The quantitative estimate of drug-likeness (QED) is 0.432. The van der Waals surface area contributed by atoms with Crippen LogP contribution in [-0.4, -0.2) is 33.1 Å². The van der Waals surface area contributed by atoms with Gasteiger partial charge in [-0.1, -0.05) is 18.2 Å². The maximum absolute atomic E-state index is 9.42. The van der Waals surface area contributed by atoms with E-state index < -0.39 is 5.41 Å². The van der Waals surface area contributed by atoms with Crippen LogP contribution in [0.15, 0.2) is 54.7 Å². The van der Waals surface area contributed by atoms with E-state index in [0.29, 0.717) is 24.7 Å². The summed E-state index contributed by atoms with van der Waals surface area (Å²) in [5.41, 5.74) is 4.63. The molecule has 7 nitrogen and oxygen atoms in total. The molecule has 0 saturated carbocycles. The standard InChI is InChI=1S/C27H26N6O/c1-17-5-4-13-29-23(17)22-11-10-21-25(30-20-8-6-19(7-9-20)27(2,3)16-28)32-24(33-26(21)31-22)18-12-14-34-15-18/h4-11,13,18H,12,14-15H2,1-3H3,(H,30,31,32,33). The molecular formula is C27H26N6O. The summed E-state index contributed by atoms with van der Waals surface area (Å²) in [7, 11) is 0. The minimum Gasteiger partial charge on any atom is -0.381 e. The third-order valence-corrected chi connectivity index (χ3v) is 6.27. The lowest BCUT2D eigenvalue weighted by molar-refractivity contribution is 0.193. The Bertz CT molecular complexity index is 1380. The number of hydrogen-bond donors (Lipinski definition) is 1. The predicted octanol–water partition coefficient (Wildman–Crippen LogP) is 5.44. The van der Waals surface area contributed by atoms with Crippen molar-refractivity contribution in [1.82, 2.24) is 19.9 Å². The third-order valence-electron chi connectivity index (χ3n) is 6.27. The van der Waals surface area contributed by atoms with Gasteiger partial charge in [0.2, 0.25) is 0 Å². The van der Waals surface area contributed by atoms with Gasteiger partial charge in [0, 0.05) is 24.4 Å². The Hall–Kier alpha value is -3.89. The molecule has 0 radical (unpaired) electrons. The molecule has 0 aliphatic carbocycles. The van der Waals surface area contributed by atoms with E-state index in [9.17, 15) is 5.26 Å². The number of ether oxygens (including phenoxy) is 1. The zero-order valence-electron chi connectivity index (χ0n) is 19.5. The first-order valence-electron chi connectivity index (χ1n) is 11.4. The summed E-state index contributed by atoms with van der Waals surface area (Å²) in [6.45, 7) is 7.18. The van der Waals surface area contributed by atoms with Gasteiger partial charge in [-0.25, -0.2) is 15.0 Å². The summed E-state index contributed by atoms with van der Waals surface area (Å²) in [4.78, 5) is 19.1. The van der Waals surface area contributed by atoms with Gasteiger partial charge in [0.25, 0.3) is 0 Å². The van der Waals surface area contributed by atoms with Crippen LogP contribution in [0, 0.1) is 18.3 Å². The minimum absolute atomic E-state index is 0.144. The number of benzene rings is 1. The summed E-state index contributed by atoms with van der Waals surface area (Å²) in [5, 5.41) is 13.7. The lowest BCUT2D eigenvalue weighted by Gasteiger charge is -2.17. The smallest absolute Gasteiger partial charge is 0.165 e. The van der Waals surface area contributed by atoms with Gasteiger partial charge in [-0.05, 0) is 68.7 Å². The second kappa shape index (κ2) is 8.81. The second-order valence-corrected chi connectivity index (χ2v) is 9.17. The topological polar surface area (TPSA) is 96.6 Å². The van der Waals surface area contributed by atoms with Gasteiger partial charge in [0.05, 0.1) is 34.9 Å². The highest BCUT2D eigenvalue weighted by molar-refractivity contribution is 5.90. The molecule has 3 aromatic heterocycles. The number of nitriles is 1. The van der Waals surface area contributed by atoms with Crippen LogP contribution in [0.1, 0.15) is 43.1 Å². The van der Waals surface area contributed by atoms with E-state index in [4.69, 9.17) is 19.7 Å². The maximum Gasteiger partial charge on any atom is 0.165 e. The Kier molecular flexibility index (Phi) is 5.68. The van der Waals surface area contributed by atoms with E-state index in [0.717, 1.165) is 45.8 Å². The highest BCUT2D eigenvalue weighted by atomic mass is 16.5. The molecule has 0 spiro atoms. The SMILES string of the molecule is Cc1cccnc1-c1ccc2c(Nc3ccc(C(C)(C)C#N)cc3)nc(C3CCOC3)nc2n1. The molecule has 1 N–H and O–H groups in total. The van der Waals surface area contributed by atoms with Crippen molar-refractivity contribution in [1.29, 1.82) is 5.26 Å². The van der Waals surface area contributed by atoms with Gasteiger partial charge in [-0.3, -0.25) is 4.98 Å². The van der Waals surface area contributed by atoms with E-state index in [2.05, 4.69) is 16.4 Å². The number of rotatable bonds is 5. The summed E-state index contributed by atoms with van der Waals surface area (Å²) in [6, 6.07) is 18.1. The van der Waals surface area contributed by atoms with Gasteiger partial charge in [-0.2, -0.15) is 5.26 Å². The molecule has 7 heteroatoms. The molecule has 5 rings (SSSR count). The van der Waals surface area contributed by atoms with Gasteiger partial charge < -0.3 is 10.1 Å². The Labute approximate surface area is 198 Å². The van der Waals surface area contributed by atoms with Crippen molar-refractivity contribution in [3.05, 3.63) is 71.7 Å². The molecular weight excluding hydrogens is 424 g/mol. The first kappa shape index (κ1) is 21.9. The Morgan fingerprint density at radius 1 is 1.06 bits per heavy atom. The van der Waals surface area contributed by atoms with E-state index in [1.165, 1.54) is 0 Å². The molecule has 170 valence electrons. The Morgan fingerprint density at radius 3 is 2.59 bits per heavy atom. The monoisotopic (exact) mass is 450 g/mol. The number of hydrogen-bond acceptors (Lipinski definition) is 7. The molecule has 4 aromatic rings. The summed E-state index contributed by atoms with van der Waals surface area (Å²) >= 11 is 0. The molecule has 1 aliphatic heterocycles. The average Bonchev–Trinajstić information content (AvgIpc) is 3.39. The zero-order valence-corrected chi connectivity index (χ0v) is 19.5. The number of aromatic nitrogens is 4. The second-order valence-electron chi connectivity index (χ2n) is 9.17. The fraction of sp³-hybridized carbons (Fsp3) is 0.296. The Morgan fingerprint density at radius 2 is 1.88 bits per heavy atom. The fourth-order valence-corrected chi connectivity index (χ4v) is 4.10. The van der Waals surface area contributed by atoms with Crippen LogP contribution < -0.4 is 5.32 Å². The molecule has 34 heavy (non-hydrogen) atoms. The maximum atomic E-state index is 9.42. The first-order chi connectivity index (χ1) is 16.4. The van der Waals surface area contributed by atoms with Crippen LogP contribution in [0.5, 0.6) is 0 Å². The molecule has 1 aliphatic rings. The zero-order chi connectivity index (χ0) is 23.7. The number of fused-ring (bicyclic) bond motifs is 1. The molecule has 1 fully saturated rings. The first-order valence-corrected chi connectivity index (χ1v) is 11.4. The van der Waals surface area contributed by atoms with Crippen LogP contribution in [-0.2, 0) is 10.2 Å². The summed E-state index contributed by atoms with van der Waals surface area (Å²) in [5.74, 6) is 1.58. The van der Waals surface area contributed by atoms with E-state index in [1.54, 1.807) is 6.20 Å². The van der Waals surface area contributed by atoms with Crippen molar-refractivity contribution in [3.8, 4) is 17.5 Å². The molecule has 0 bridgehead atoms. The van der Waals surface area contributed by atoms with Crippen molar-refractivity contribution >= 4 is 22.5 Å². The minimum atomic E-state index is -0.542. The van der Waals surface area contributed by atoms with Crippen LogP contribution in [0.3, 0.4) is 0 Å². The highest BCUT2D eigenvalue weighted by Gasteiger charge is 2.23. The van der Waals surface area contributed by atoms with Gasteiger partial charge in [0.1, 0.15) is 11.6 Å².